The first-order valence-corrected chi connectivity index (χ1v) is 9.46. The number of nitrogens with one attached hydrogen (secondary N) is 1. The first-order valence-electron chi connectivity index (χ1n) is 9.46. The third-order valence-corrected chi connectivity index (χ3v) is 4.55. The van der Waals surface area contributed by atoms with Crippen LogP contribution in [0.15, 0.2) is 42.5 Å². The van der Waals surface area contributed by atoms with Crippen LogP contribution in [0.25, 0.3) is 5.82 Å². The highest BCUT2D eigenvalue weighted by atomic mass is 16.5. The van der Waals surface area contributed by atoms with Crippen LogP contribution in [0.1, 0.15) is 38.1 Å². The van der Waals surface area contributed by atoms with Crippen LogP contribution < -0.4 is 10.1 Å². The van der Waals surface area contributed by atoms with Crippen molar-refractivity contribution >= 4 is 11.6 Å². The van der Waals surface area contributed by atoms with E-state index in [0.717, 1.165) is 29.9 Å². The second-order valence-electron chi connectivity index (χ2n) is 6.70. The van der Waals surface area contributed by atoms with Crippen LogP contribution in [0.4, 0.5) is 5.69 Å². The van der Waals surface area contributed by atoms with Gasteiger partial charge >= 0.3 is 0 Å². The van der Waals surface area contributed by atoms with E-state index in [0.29, 0.717) is 17.4 Å². The Bertz CT molecular complexity index is 928. The summed E-state index contributed by atoms with van der Waals surface area (Å²) in [5.41, 5.74) is 2.66. The smallest absolute Gasteiger partial charge is 0.238 e. The number of hydrogen-bond acceptors (Lipinski definition) is 5. The predicted molar refractivity (Wildman–Crippen MR) is 108 cm³/mol. The Morgan fingerprint density at radius 2 is 1.79 bits per heavy atom. The number of carbonyl (C=O) groups excluding carboxylic acids is 1. The molecule has 1 aromatic carbocycles. The lowest BCUT2D eigenvalue weighted by Gasteiger charge is -2.13. The molecule has 0 fully saturated rings. The Balaban J connectivity index is 1.64. The molecule has 0 aliphatic heterocycles. The van der Waals surface area contributed by atoms with Gasteiger partial charge in [-0.2, -0.15) is 5.10 Å². The van der Waals surface area contributed by atoms with Crippen LogP contribution in [-0.2, 0) is 4.79 Å². The molecule has 0 saturated carbocycles. The van der Waals surface area contributed by atoms with E-state index >= 15 is 0 Å². The molecule has 0 radical (unpaired) electrons. The van der Waals surface area contributed by atoms with Crippen LogP contribution in [-0.4, -0.2) is 25.9 Å². The SMILES string of the molecule is CCC(CC)C(=O)Nc1ccc(Oc2ccc(-n3nc(C)cc3C)nn2)cc1. The van der Waals surface area contributed by atoms with Gasteiger partial charge in [0, 0.05) is 23.4 Å². The molecular weight excluding hydrogens is 354 g/mol. The lowest BCUT2D eigenvalue weighted by Crippen LogP contribution is -2.21. The minimum absolute atomic E-state index is 0.0342. The van der Waals surface area contributed by atoms with Crippen molar-refractivity contribution in [3.8, 4) is 17.4 Å². The molecular formula is C21H25N5O2. The van der Waals surface area contributed by atoms with E-state index in [9.17, 15) is 4.79 Å². The van der Waals surface area contributed by atoms with Gasteiger partial charge in [-0.1, -0.05) is 13.8 Å². The van der Waals surface area contributed by atoms with E-state index in [1.807, 2.05) is 52.0 Å². The second-order valence-corrected chi connectivity index (χ2v) is 6.70. The van der Waals surface area contributed by atoms with Gasteiger partial charge in [0.15, 0.2) is 5.82 Å². The highest BCUT2D eigenvalue weighted by Gasteiger charge is 2.14. The first kappa shape index (κ1) is 19.5. The summed E-state index contributed by atoms with van der Waals surface area (Å²) < 4.78 is 7.48. The fraction of sp³-hybridized carbons (Fsp3) is 0.333. The Morgan fingerprint density at radius 3 is 2.32 bits per heavy atom. The van der Waals surface area contributed by atoms with Crippen molar-refractivity contribution in [1.29, 1.82) is 0 Å². The van der Waals surface area contributed by atoms with Crippen molar-refractivity contribution in [2.75, 3.05) is 5.32 Å². The molecule has 7 nitrogen and oxygen atoms in total. The molecule has 7 heteroatoms. The number of hydrogen-bond donors (Lipinski definition) is 1. The van der Waals surface area contributed by atoms with Gasteiger partial charge in [0.25, 0.3) is 0 Å². The summed E-state index contributed by atoms with van der Waals surface area (Å²) >= 11 is 0. The third-order valence-electron chi connectivity index (χ3n) is 4.55. The van der Waals surface area contributed by atoms with Gasteiger partial charge in [0.2, 0.25) is 11.8 Å². The number of amides is 1. The largest absolute Gasteiger partial charge is 0.438 e. The minimum Gasteiger partial charge on any atom is -0.438 e. The molecule has 0 aliphatic rings. The summed E-state index contributed by atoms with van der Waals surface area (Å²) in [7, 11) is 0. The standard InChI is InChI=1S/C21H25N5O2/c1-5-16(6-2)21(27)22-17-7-9-18(10-8-17)28-20-12-11-19(23-24-20)26-15(4)13-14(3)25-26/h7-13,16H,5-6H2,1-4H3,(H,22,27). The quantitative estimate of drug-likeness (QED) is 0.656. The van der Waals surface area contributed by atoms with Crippen molar-refractivity contribution in [3.63, 3.8) is 0 Å². The van der Waals surface area contributed by atoms with E-state index in [1.165, 1.54) is 0 Å². The Labute approximate surface area is 164 Å². The van der Waals surface area contributed by atoms with E-state index in [4.69, 9.17) is 4.74 Å². The summed E-state index contributed by atoms with van der Waals surface area (Å²) in [5.74, 6) is 1.72. The van der Waals surface area contributed by atoms with Crippen molar-refractivity contribution in [2.24, 2.45) is 5.92 Å². The molecule has 1 amide bonds. The zero-order valence-electron chi connectivity index (χ0n) is 16.6. The topological polar surface area (TPSA) is 81.9 Å². The van der Waals surface area contributed by atoms with Crippen LogP contribution in [0.5, 0.6) is 11.6 Å². The average molecular weight is 379 g/mol. The molecule has 0 bridgehead atoms. The molecule has 0 aliphatic carbocycles. The van der Waals surface area contributed by atoms with Gasteiger partial charge in [-0.05, 0) is 63.1 Å². The summed E-state index contributed by atoms with van der Waals surface area (Å²) in [6, 6.07) is 12.8. The third kappa shape index (κ3) is 4.54. The molecule has 28 heavy (non-hydrogen) atoms. The molecule has 2 aromatic heterocycles. The number of anilines is 1. The Kier molecular flexibility index (Phi) is 6.03. The molecule has 2 heterocycles. The van der Waals surface area contributed by atoms with Gasteiger partial charge in [-0.15, -0.1) is 10.2 Å². The van der Waals surface area contributed by atoms with Crippen molar-refractivity contribution in [2.45, 2.75) is 40.5 Å². The van der Waals surface area contributed by atoms with Gasteiger partial charge in [0.1, 0.15) is 5.75 Å². The fourth-order valence-corrected chi connectivity index (χ4v) is 2.97. The molecule has 3 aromatic rings. The Morgan fingerprint density at radius 1 is 1.07 bits per heavy atom. The van der Waals surface area contributed by atoms with Crippen molar-refractivity contribution < 1.29 is 9.53 Å². The number of ether oxygens (including phenoxy) is 1. The normalized spacial score (nSPS) is 10.9. The lowest BCUT2D eigenvalue weighted by molar-refractivity contribution is -0.120. The van der Waals surface area contributed by atoms with Crippen LogP contribution >= 0.6 is 0 Å². The highest BCUT2D eigenvalue weighted by Crippen LogP contribution is 2.22. The van der Waals surface area contributed by atoms with Crippen LogP contribution in [0.3, 0.4) is 0 Å². The molecule has 0 unspecified atom stereocenters. The maximum atomic E-state index is 12.2. The maximum absolute atomic E-state index is 12.2. The highest BCUT2D eigenvalue weighted by molar-refractivity contribution is 5.92. The van der Waals surface area contributed by atoms with Crippen molar-refractivity contribution in [1.82, 2.24) is 20.0 Å². The number of nitrogens with zero attached hydrogens (tertiary/aromatic N) is 4. The minimum atomic E-state index is 0.0342. The van der Waals surface area contributed by atoms with E-state index < -0.39 is 0 Å². The number of benzene rings is 1. The number of aryl methyl sites for hydroxylation is 2. The maximum Gasteiger partial charge on any atom is 0.238 e. The average Bonchev–Trinajstić information content (AvgIpc) is 3.03. The summed E-state index contributed by atoms with van der Waals surface area (Å²) in [4.78, 5) is 12.2. The second kappa shape index (κ2) is 8.65. The van der Waals surface area contributed by atoms with Gasteiger partial charge in [-0.3, -0.25) is 4.79 Å². The van der Waals surface area contributed by atoms with Crippen molar-refractivity contribution in [3.05, 3.63) is 53.9 Å². The predicted octanol–water partition coefficient (Wildman–Crippen LogP) is 4.45. The summed E-state index contributed by atoms with van der Waals surface area (Å²) in [6.07, 6.45) is 1.66. The molecule has 1 N–H and O–H groups in total. The molecule has 0 saturated heterocycles. The Hall–Kier alpha value is -3.22. The molecule has 146 valence electrons. The van der Waals surface area contributed by atoms with Crippen LogP contribution in [0.2, 0.25) is 0 Å². The van der Waals surface area contributed by atoms with E-state index in [-0.39, 0.29) is 11.8 Å². The summed E-state index contributed by atoms with van der Waals surface area (Å²) in [5, 5.41) is 15.6. The fourth-order valence-electron chi connectivity index (χ4n) is 2.97. The van der Waals surface area contributed by atoms with Crippen LogP contribution in [0, 0.1) is 19.8 Å². The van der Waals surface area contributed by atoms with Gasteiger partial charge in [0.05, 0.1) is 5.69 Å². The lowest BCUT2D eigenvalue weighted by atomic mass is 10.0. The van der Waals surface area contributed by atoms with Gasteiger partial charge < -0.3 is 10.1 Å². The zero-order chi connectivity index (χ0) is 20.1. The zero-order valence-corrected chi connectivity index (χ0v) is 16.6. The number of aromatic nitrogens is 4. The molecule has 0 atom stereocenters. The molecule has 0 spiro atoms. The van der Waals surface area contributed by atoms with E-state index in [1.54, 1.807) is 22.9 Å². The monoisotopic (exact) mass is 379 g/mol. The number of rotatable bonds is 7. The first-order chi connectivity index (χ1) is 13.5. The number of carbonyl (C=O) groups is 1. The summed E-state index contributed by atoms with van der Waals surface area (Å²) in [6.45, 7) is 7.94. The molecule has 3 rings (SSSR count). The van der Waals surface area contributed by atoms with Gasteiger partial charge in [-0.25, -0.2) is 4.68 Å². The van der Waals surface area contributed by atoms with E-state index in [2.05, 4.69) is 20.6 Å².